The lowest BCUT2D eigenvalue weighted by molar-refractivity contribution is -0.142. The predicted molar refractivity (Wildman–Crippen MR) is 122 cm³/mol. The molecule has 166 valence electrons. The highest BCUT2D eigenvalue weighted by Crippen LogP contribution is 2.29. The number of carbonyl (C=O) groups is 2. The van der Waals surface area contributed by atoms with Gasteiger partial charge in [-0.1, -0.05) is 30.3 Å². The number of aromatic nitrogens is 2. The second-order valence-corrected chi connectivity index (χ2v) is 8.16. The van der Waals surface area contributed by atoms with Crippen LogP contribution in [0, 0.1) is 6.92 Å². The largest absolute Gasteiger partial charge is 0.481 e. The topological polar surface area (TPSA) is 78.5 Å². The molecule has 2 heterocycles. The minimum atomic E-state index is -0.635. The Morgan fingerprint density at radius 2 is 1.88 bits per heavy atom. The van der Waals surface area contributed by atoms with Crippen LogP contribution < -0.4 is 4.74 Å². The van der Waals surface area contributed by atoms with Crippen LogP contribution >= 0.6 is 0 Å². The zero-order valence-corrected chi connectivity index (χ0v) is 18.6. The first-order valence-electron chi connectivity index (χ1n) is 10.9. The van der Waals surface area contributed by atoms with Crippen molar-refractivity contribution in [3.8, 4) is 17.0 Å². The number of benzene rings is 2. The van der Waals surface area contributed by atoms with Crippen LogP contribution in [0.5, 0.6) is 5.75 Å². The molecule has 2 amide bonds. The van der Waals surface area contributed by atoms with Gasteiger partial charge in [0.25, 0.3) is 11.8 Å². The van der Waals surface area contributed by atoms with E-state index in [4.69, 9.17) is 4.74 Å². The van der Waals surface area contributed by atoms with Gasteiger partial charge in [-0.15, -0.1) is 0 Å². The van der Waals surface area contributed by atoms with Gasteiger partial charge in [-0.2, -0.15) is 5.10 Å². The smallest absolute Gasteiger partial charge is 0.263 e. The van der Waals surface area contributed by atoms with Crippen molar-refractivity contribution in [3.05, 3.63) is 71.9 Å². The number of nitrogens with zero attached hydrogens (tertiary/aromatic N) is 3. The van der Waals surface area contributed by atoms with Gasteiger partial charge < -0.3 is 14.5 Å². The van der Waals surface area contributed by atoms with Crippen molar-refractivity contribution in [1.29, 1.82) is 0 Å². The van der Waals surface area contributed by atoms with Crippen molar-refractivity contribution in [2.45, 2.75) is 32.9 Å². The molecule has 0 saturated carbocycles. The summed E-state index contributed by atoms with van der Waals surface area (Å²) in [5.74, 6) is 0.597. The summed E-state index contributed by atoms with van der Waals surface area (Å²) in [5.41, 5.74) is 3.51. The highest BCUT2D eigenvalue weighted by atomic mass is 16.5. The number of aromatic amines is 1. The highest BCUT2D eigenvalue weighted by Gasteiger charge is 2.33. The molecule has 1 aliphatic heterocycles. The molecule has 2 atom stereocenters. The summed E-state index contributed by atoms with van der Waals surface area (Å²) in [7, 11) is 0. The Kier molecular flexibility index (Phi) is 6.25. The number of hydrogen-bond donors (Lipinski definition) is 1. The van der Waals surface area contributed by atoms with Crippen molar-refractivity contribution in [3.63, 3.8) is 0 Å². The van der Waals surface area contributed by atoms with Crippen LogP contribution in [-0.2, 0) is 4.79 Å². The lowest BCUT2D eigenvalue weighted by Gasteiger charge is -2.40. The first kappa shape index (κ1) is 21.6. The number of piperazine rings is 1. The molecule has 1 fully saturated rings. The molecule has 3 aromatic rings. The fraction of sp³-hybridized carbons (Fsp3) is 0.320. The van der Waals surface area contributed by atoms with Crippen LogP contribution in [0.2, 0.25) is 0 Å². The molecule has 0 spiro atoms. The number of H-pyrrole nitrogens is 1. The van der Waals surface area contributed by atoms with E-state index >= 15 is 0 Å². The molecule has 2 unspecified atom stereocenters. The maximum absolute atomic E-state index is 13.2. The van der Waals surface area contributed by atoms with Crippen molar-refractivity contribution in [2.75, 3.05) is 19.6 Å². The number of hydrogen-bond acceptors (Lipinski definition) is 4. The predicted octanol–water partition coefficient (Wildman–Crippen LogP) is 3.53. The fourth-order valence-electron chi connectivity index (χ4n) is 4.15. The number of carbonyl (C=O) groups excluding carboxylic acids is 2. The first-order chi connectivity index (χ1) is 15.5. The summed E-state index contributed by atoms with van der Waals surface area (Å²) in [6.07, 6.45) is 1.07. The second-order valence-electron chi connectivity index (χ2n) is 8.16. The number of nitrogens with one attached hydrogen (secondary N) is 1. The molecular formula is C25H28N4O3. The van der Waals surface area contributed by atoms with Gasteiger partial charge in [0.15, 0.2) is 6.10 Å². The maximum atomic E-state index is 13.2. The van der Waals surface area contributed by atoms with Crippen LogP contribution in [0.3, 0.4) is 0 Å². The van der Waals surface area contributed by atoms with E-state index < -0.39 is 6.10 Å². The normalized spacial score (nSPS) is 17.2. The average Bonchev–Trinajstić information content (AvgIpc) is 3.34. The molecule has 2 aromatic carbocycles. The van der Waals surface area contributed by atoms with E-state index in [0.29, 0.717) is 30.9 Å². The summed E-state index contributed by atoms with van der Waals surface area (Å²) >= 11 is 0. The second kappa shape index (κ2) is 9.26. The fourth-order valence-corrected chi connectivity index (χ4v) is 4.15. The minimum Gasteiger partial charge on any atom is -0.481 e. The first-order valence-corrected chi connectivity index (χ1v) is 10.9. The van der Waals surface area contributed by atoms with E-state index in [1.54, 1.807) is 13.1 Å². The van der Waals surface area contributed by atoms with Gasteiger partial charge in [-0.05, 0) is 45.0 Å². The Morgan fingerprint density at radius 3 is 2.56 bits per heavy atom. The van der Waals surface area contributed by atoms with Gasteiger partial charge in [0.2, 0.25) is 0 Å². The molecule has 1 N–H and O–H groups in total. The highest BCUT2D eigenvalue weighted by molar-refractivity contribution is 5.94. The van der Waals surface area contributed by atoms with Gasteiger partial charge in [-0.3, -0.25) is 14.7 Å². The van der Waals surface area contributed by atoms with Crippen molar-refractivity contribution < 1.29 is 14.3 Å². The van der Waals surface area contributed by atoms with Crippen LogP contribution in [0.15, 0.2) is 60.8 Å². The molecule has 7 nitrogen and oxygen atoms in total. The molecule has 0 bridgehead atoms. The lowest BCUT2D eigenvalue weighted by atomic mass is 10.0. The molecule has 4 rings (SSSR count). The van der Waals surface area contributed by atoms with Gasteiger partial charge in [0.05, 0.1) is 5.69 Å². The third kappa shape index (κ3) is 4.37. The minimum absolute atomic E-state index is 0.0000868. The van der Waals surface area contributed by atoms with Crippen LogP contribution in [0.25, 0.3) is 11.3 Å². The maximum Gasteiger partial charge on any atom is 0.263 e. The summed E-state index contributed by atoms with van der Waals surface area (Å²) in [6.45, 7) is 7.21. The van der Waals surface area contributed by atoms with Gasteiger partial charge in [0.1, 0.15) is 5.75 Å². The third-order valence-electron chi connectivity index (χ3n) is 5.95. The summed E-state index contributed by atoms with van der Waals surface area (Å²) < 4.78 is 6.08. The van der Waals surface area contributed by atoms with Gasteiger partial charge in [-0.25, -0.2) is 0 Å². The Morgan fingerprint density at radius 1 is 1.09 bits per heavy atom. The molecule has 32 heavy (non-hydrogen) atoms. The Labute approximate surface area is 188 Å². The van der Waals surface area contributed by atoms with Gasteiger partial charge in [0, 0.05) is 48.6 Å². The van der Waals surface area contributed by atoms with Crippen molar-refractivity contribution in [2.24, 2.45) is 0 Å². The zero-order chi connectivity index (χ0) is 22.7. The average molecular weight is 433 g/mol. The Balaban J connectivity index is 1.41. The van der Waals surface area contributed by atoms with E-state index in [-0.39, 0.29) is 17.9 Å². The number of amides is 2. The molecule has 1 aromatic heterocycles. The summed E-state index contributed by atoms with van der Waals surface area (Å²) in [4.78, 5) is 29.5. The van der Waals surface area contributed by atoms with Crippen molar-refractivity contribution >= 4 is 11.8 Å². The third-order valence-corrected chi connectivity index (χ3v) is 5.95. The van der Waals surface area contributed by atoms with Crippen LogP contribution in [0.4, 0.5) is 0 Å². The van der Waals surface area contributed by atoms with E-state index in [0.717, 1.165) is 16.8 Å². The van der Waals surface area contributed by atoms with Crippen molar-refractivity contribution in [1.82, 2.24) is 20.0 Å². The monoisotopic (exact) mass is 432 g/mol. The lowest BCUT2D eigenvalue weighted by Crippen LogP contribution is -2.57. The van der Waals surface area contributed by atoms with E-state index in [2.05, 4.69) is 10.2 Å². The van der Waals surface area contributed by atoms with Gasteiger partial charge >= 0.3 is 0 Å². The molecule has 1 aliphatic rings. The standard InChI is InChI=1S/C25H28N4O3/c1-17-16-28(25(31)20-8-5-4-6-9-20)14-15-29(17)24(30)19(3)32-23-11-7-10-21(18(23)2)22-12-13-26-27-22/h4-13,17,19H,14-16H2,1-3H3,(H,26,27). The summed E-state index contributed by atoms with van der Waals surface area (Å²) in [6, 6.07) is 16.8. The molecular weight excluding hydrogens is 404 g/mol. The molecule has 1 saturated heterocycles. The van der Waals surface area contributed by atoms with E-state index in [9.17, 15) is 9.59 Å². The SMILES string of the molecule is Cc1c(OC(C)C(=O)N2CCN(C(=O)c3ccccc3)CC2C)cccc1-c1ccn[nH]1. The molecule has 0 aliphatic carbocycles. The molecule has 0 radical (unpaired) electrons. The van der Waals surface area contributed by atoms with Crippen LogP contribution in [-0.4, -0.2) is 63.6 Å². The summed E-state index contributed by atoms with van der Waals surface area (Å²) in [5, 5.41) is 6.98. The molecule has 7 heteroatoms. The van der Waals surface area contributed by atoms with E-state index in [1.165, 1.54) is 0 Å². The van der Waals surface area contributed by atoms with E-state index in [1.807, 2.05) is 78.2 Å². The van der Waals surface area contributed by atoms with Crippen LogP contribution in [0.1, 0.15) is 29.8 Å². The Bertz CT molecular complexity index is 1080. The Hall–Kier alpha value is -3.61. The zero-order valence-electron chi connectivity index (χ0n) is 18.6. The number of rotatable bonds is 5. The number of ether oxygens (including phenoxy) is 1. The quantitative estimate of drug-likeness (QED) is 0.669.